The van der Waals surface area contributed by atoms with Crippen molar-refractivity contribution in [1.29, 1.82) is 0 Å². The van der Waals surface area contributed by atoms with Gasteiger partial charge in [0.15, 0.2) is 0 Å². The highest BCUT2D eigenvalue weighted by molar-refractivity contribution is 6.12. The molecule has 0 saturated carbocycles. The van der Waals surface area contributed by atoms with Gasteiger partial charge in [0.25, 0.3) is 0 Å². The van der Waals surface area contributed by atoms with Gasteiger partial charge in [-0.1, -0.05) is 101 Å². The van der Waals surface area contributed by atoms with Crippen LogP contribution in [0.4, 0.5) is 0 Å². The fourth-order valence-corrected chi connectivity index (χ4v) is 6.20. The SMILES string of the molecule is C=C1NN=C2c3c(cccc31)CC(c1ccc(CN(CC)CC)cc1)C2c1cccc(CN(CC)CC)c1. The molecule has 2 atom stereocenters. The zero-order valence-corrected chi connectivity index (χ0v) is 23.5. The highest BCUT2D eigenvalue weighted by Crippen LogP contribution is 2.46. The molecule has 3 aromatic carbocycles. The molecule has 0 fully saturated rings. The van der Waals surface area contributed by atoms with E-state index < -0.39 is 0 Å². The van der Waals surface area contributed by atoms with Crippen LogP contribution in [-0.4, -0.2) is 41.7 Å². The summed E-state index contributed by atoms with van der Waals surface area (Å²) >= 11 is 0. The molecule has 0 aromatic heterocycles. The lowest BCUT2D eigenvalue weighted by atomic mass is 9.67. The highest BCUT2D eigenvalue weighted by Gasteiger charge is 2.39. The Kier molecular flexibility index (Phi) is 8.11. The van der Waals surface area contributed by atoms with Crippen molar-refractivity contribution in [2.75, 3.05) is 26.2 Å². The molecular weight excluding hydrogens is 464 g/mol. The van der Waals surface area contributed by atoms with E-state index in [0.717, 1.165) is 57.1 Å². The van der Waals surface area contributed by atoms with Crippen LogP contribution in [0.15, 0.2) is 78.4 Å². The Morgan fingerprint density at radius 1 is 0.789 bits per heavy atom. The van der Waals surface area contributed by atoms with Gasteiger partial charge in [-0.2, -0.15) is 5.10 Å². The van der Waals surface area contributed by atoms with E-state index >= 15 is 0 Å². The van der Waals surface area contributed by atoms with Gasteiger partial charge in [-0.05, 0) is 60.4 Å². The van der Waals surface area contributed by atoms with Crippen LogP contribution in [0.5, 0.6) is 0 Å². The molecule has 0 amide bonds. The smallest absolute Gasteiger partial charge is 0.0769 e. The van der Waals surface area contributed by atoms with Gasteiger partial charge >= 0.3 is 0 Å². The molecule has 0 spiro atoms. The predicted octanol–water partition coefficient (Wildman–Crippen LogP) is 6.77. The molecule has 5 rings (SSSR count). The molecule has 2 aliphatic rings. The standard InChI is InChI=1S/C34H42N4/c1-6-37(7-2)22-25-16-18-27(19-17-25)31-21-29-14-11-15-30-24(5)35-36-34(32(29)30)33(31)28-13-10-12-26(20-28)23-38(8-3)9-4/h10-20,31,33,35H,5-9,21-23H2,1-4H3. The van der Waals surface area contributed by atoms with Crippen LogP contribution in [0.25, 0.3) is 5.70 Å². The summed E-state index contributed by atoms with van der Waals surface area (Å²) in [6, 6.07) is 25.2. The number of nitrogens with zero attached hydrogens (tertiary/aromatic N) is 3. The topological polar surface area (TPSA) is 30.9 Å². The minimum absolute atomic E-state index is 0.175. The molecule has 4 heteroatoms. The molecule has 1 heterocycles. The van der Waals surface area contributed by atoms with E-state index in [9.17, 15) is 0 Å². The number of hydrazone groups is 1. The number of hydrogen-bond acceptors (Lipinski definition) is 4. The molecule has 0 bridgehead atoms. The first-order valence-electron chi connectivity index (χ1n) is 14.3. The first-order valence-corrected chi connectivity index (χ1v) is 14.3. The minimum atomic E-state index is 0.175. The zero-order chi connectivity index (χ0) is 26.6. The number of rotatable bonds is 10. The summed E-state index contributed by atoms with van der Waals surface area (Å²) in [6.07, 6.45) is 0.996. The van der Waals surface area contributed by atoms with Crippen molar-refractivity contribution in [2.45, 2.75) is 59.0 Å². The maximum atomic E-state index is 4.97. The second kappa shape index (κ2) is 11.7. The van der Waals surface area contributed by atoms with Crippen LogP contribution in [0.1, 0.15) is 78.5 Å². The summed E-state index contributed by atoms with van der Waals surface area (Å²) in [5, 5.41) is 4.97. The average Bonchev–Trinajstić information content (AvgIpc) is 2.96. The molecule has 0 radical (unpaired) electrons. The molecule has 2 unspecified atom stereocenters. The number of hydrogen-bond donors (Lipinski definition) is 1. The fraction of sp³-hybridized carbons (Fsp3) is 0.382. The molecule has 0 saturated heterocycles. The van der Waals surface area contributed by atoms with E-state index in [1.165, 1.54) is 38.9 Å². The molecule has 38 heavy (non-hydrogen) atoms. The second-order valence-electron chi connectivity index (χ2n) is 10.6. The third kappa shape index (κ3) is 5.21. The van der Waals surface area contributed by atoms with Crippen LogP contribution < -0.4 is 5.43 Å². The fourth-order valence-electron chi connectivity index (χ4n) is 6.20. The van der Waals surface area contributed by atoms with Gasteiger partial charge in [-0.3, -0.25) is 15.2 Å². The van der Waals surface area contributed by atoms with Gasteiger partial charge in [0, 0.05) is 36.1 Å². The second-order valence-corrected chi connectivity index (χ2v) is 10.6. The maximum absolute atomic E-state index is 4.97. The largest absolute Gasteiger partial charge is 0.300 e. The third-order valence-electron chi connectivity index (χ3n) is 8.50. The van der Waals surface area contributed by atoms with Crippen molar-refractivity contribution in [3.8, 4) is 0 Å². The molecular formula is C34H42N4. The Hall–Kier alpha value is -3.21. The Morgan fingerprint density at radius 2 is 1.45 bits per heavy atom. The van der Waals surface area contributed by atoms with Crippen LogP contribution >= 0.6 is 0 Å². The van der Waals surface area contributed by atoms with Crippen LogP contribution in [0.2, 0.25) is 0 Å². The minimum Gasteiger partial charge on any atom is -0.300 e. The van der Waals surface area contributed by atoms with E-state index in [0.29, 0.717) is 5.92 Å². The third-order valence-corrected chi connectivity index (χ3v) is 8.50. The first-order chi connectivity index (χ1) is 18.6. The van der Waals surface area contributed by atoms with Gasteiger partial charge in [-0.25, -0.2) is 0 Å². The number of nitrogens with one attached hydrogen (secondary N) is 1. The van der Waals surface area contributed by atoms with Crippen molar-refractivity contribution in [1.82, 2.24) is 15.2 Å². The molecule has 1 N–H and O–H groups in total. The first kappa shape index (κ1) is 26.4. The lowest BCUT2D eigenvalue weighted by Crippen LogP contribution is -2.34. The Labute approximate surface area is 229 Å². The van der Waals surface area contributed by atoms with Crippen molar-refractivity contribution in [3.05, 3.63) is 112 Å². The summed E-state index contributed by atoms with van der Waals surface area (Å²) in [4.78, 5) is 4.94. The molecule has 4 nitrogen and oxygen atoms in total. The zero-order valence-electron chi connectivity index (χ0n) is 23.5. The molecule has 198 valence electrons. The lowest BCUT2D eigenvalue weighted by molar-refractivity contribution is 0.295. The average molecular weight is 507 g/mol. The van der Waals surface area contributed by atoms with Crippen molar-refractivity contribution < 1.29 is 0 Å². The van der Waals surface area contributed by atoms with E-state index in [4.69, 9.17) is 5.10 Å². The van der Waals surface area contributed by atoms with Crippen molar-refractivity contribution in [2.24, 2.45) is 5.10 Å². The summed E-state index contributed by atoms with van der Waals surface area (Å²) in [7, 11) is 0. The predicted molar refractivity (Wildman–Crippen MR) is 160 cm³/mol. The van der Waals surface area contributed by atoms with Crippen LogP contribution in [-0.2, 0) is 19.5 Å². The summed E-state index contributed by atoms with van der Waals surface area (Å²) < 4.78 is 0. The highest BCUT2D eigenvalue weighted by atomic mass is 15.3. The summed E-state index contributed by atoms with van der Waals surface area (Å²) in [5.74, 6) is 0.491. The Morgan fingerprint density at radius 3 is 2.13 bits per heavy atom. The van der Waals surface area contributed by atoms with Gasteiger partial charge in [-0.15, -0.1) is 0 Å². The van der Waals surface area contributed by atoms with Crippen LogP contribution in [0, 0.1) is 0 Å². The maximum Gasteiger partial charge on any atom is 0.0769 e. The Balaban J connectivity index is 1.57. The van der Waals surface area contributed by atoms with Crippen molar-refractivity contribution >= 4 is 11.4 Å². The van der Waals surface area contributed by atoms with E-state index in [-0.39, 0.29) is 5.92 Å². The van der Waals surface area contributed by atoms with E-state index in [2.05, 4.69) is 116 Å². The van der Waals surface area contributed by atoms with Gasteiger partial charge in [0.2, 0.25) is 0 Å². The summed E-state index contributed by atoms with van der Waals surface area (Å²) in [6.45, 7) is 19.4. The van der Waals surface area contributed by atoms with Gasteiger partial charge in [0.1, 0.15) is 0 Å². The summed E-state index contributed by atoms with van der Waals surface area (Å²) in [5.41, 5.74) is 14.6. The normalized spacial score (nSPS) is 18.4. The van der Waals surface area contributed by atoms with Crippen LogP contribution in [0.3, 0.4) is 0 Å². The molecule has 3 aromatic rings. The molecule has 1 aliphatic carbocycles. The quantitative estimate of drug-likeness (QED) is 0.329. The van der Waals surface area contributed by atoms with Gasteiger partial charge in [0.05, 0.1) is 11.4 Å². The van der Waals surface area contributed by atoms with E-state index in [1.807, 2.05) is 0 Å². The van der Waals surface area contributed by atoms with E-state index in [1.54, 1.807) is 0 Å². The van der Waals surface area contributed by atoms with Gasteiger partial charge < -0.3 is 0 Å². The molecule has 1 aliphatic heterocycles. The monoisotopic (exact) mass is 506 g/mol. The number of benzene rings is 3. The Bertz CT molecular complexity index is 1300. The van der Waals surface area contributed by atoms with Crippen molar-refractivity contribution in [3.63, 3.8) is 0 Å². The lowest BCUT2D eigenvalue weighted by Gasteiger charge is -2.38.